The number of carbonyl (C=O) groups excluding carboxylic acids is 7. The number of carboxylic acid groups (broad SMARTS) is 1. The number of phosphoric acid groups is 1. The maximum Gasteiger partial charge on any atom is 0.474 e. The predicted octanol–water partition coefficient (Wildman–Crippen LogP) is -11.0. The highest BCUT2D eigenvalue weighted by molar-refractivity contribution is 7.47. The SMILES string of the molecule is CO[C@H](COP(=O)(O)OC1OC(C(N)=O)C(C)(O)C(OC(N)=O)C1OC1OC(COC2OC(CO)C(O)C(O)C2O)C(OC2OC(C)C(OC3OC(C(=O)NC4C(=O)CCC4=O)C(O)C(O)C3O)C(O)C2NC(C)=O)C(O)C1NC(C)=O)C(=O)O. The van der Waals surface area contributed by atoms with Gasteiger partial charge in [-0.1, -0.05) is 0 Å². The molecule has 5 aliphatic heterocycles. The zero-order valence-corrected chi connectivity index (χ0v) is 46.4. The van der Waals surface area contributed by atoms with E-state index >= 15 is 0 Å². The summed E-state index contributed by atoms with van der Waals surface area (Å²) in [6, 6.07) is -5.58. The Hall–Kier alpha value is -4.73. The maximum atomic E-state index is 13.5. The summed E-state index contributed by atoms with van der Waals surface area (Å²) >= 11 is 0. The van der Waals surface area contributed by atoms with Crippen LogP contribution in [0.3, 0.4) is 0 Å². The van der Waals surface area contributed by atoms with Gasteiger partial charge >= 0.3 is 19.9 Å². The van der Waals surface area contributed by atoms with Crippen LogP contribution in [0.2, 0.25) is 0 Å². The Morgan fingerprint density at radius 3 is 1.76 bits per heavy atom. The number of phosphoric ester groups is 1. The Labute approximate surface area is 479 Å². The summed E-state index contributed by atoms with van der Waals surface area (Å²) in [5.41, 5.74) is 7.94. The number of ether oxygens (including phenoxy) is 11. The first-order valence-electron chi connectivity index (χ1n) is 25.8. The van der Waals surface area contributed by atoms with Gasteiger partial charge in [-0.15, -0.1) is 0 Å². The number of primary amides is 2. The highest BCUT2D eigenvalue weighted by Crippen LogP contribution is 2.49. The lowest BCUT2D eigenvalue weighted by atomic mass is 9.85. The van der Waals surface area contributed by atoms with Gasteiger partial charge in [0, 0.05) is 33.8 Å². The number of ketones is 2. The number of aliphatic hydroxyl groups excluding tert-OH is 9. The van der Waals surface area contributed by atoms with Gasteiger partial charge in [-0.05, 0) is 13.8 Å². The van der Waals surface area contributed by atoms with Gasteiger partial charge in [-0.2, -0.15) is 0 Å². The van der Waals surface area contributed by atoms with Crippen molar-refractivity contribution in [2.75, 3.05) is 26.9 Å². The lowest BCUT2D eigenvalue weighted by Gasteiger charge is -2.52. The standard InChI is InChI=1S/C45H70N5O34P/c1-11-30(78-42-29(63)26(60)27(61)32(80-42)37(65)50-19-14(54)6-7-15(19)55)23(57)20(48-12(2)52)39(75-11)79-31-17(9-73-41-28(62)25(59)22(56)16(8-51)76-41)77-40(21(24(31)58)49-13(3)53)81-33-34(83-44(47)68)45(4,69)35(36(46)64)82-43(33)84-85(70,71)74-10-18(72-5)38(66)67/h11,16-35,39-43,51,56-63,69H,6-10H2,1-5H3,(H2,46,64)(H2,47,68)(H,48,52)(H,49,53)(H,50,65)(H,66,67)(H,70,71)/t11?,16?,17?,18-,20?,21?,22?,23?,24?,25?,26?,27?,28?,29?,30?,31?,32?,33?,34?,35?,39?,40?,41?,42?,43?,45?/m1/s1. The first-order valence-corrected chi connectivity index (χ1v) is 27.3. The summed E-state index contributed by atoms with van der Waals surface area (Å²) in [6.07, 6.45) is -50.9. The van der Waals surface area contributed by atoms with Gasteiger partial charge in [0.1, 0.15) is 97.0 Å². The smallest absolute Gasteiger partial charge is 0.474 e. The van der Waals surface area contributed by atoms with E-state index < -0.39 is 240 Å². The van der Waals surface area contributed by atoms with Crippen LogP contribution in [-0.4, -0.2) is 300 Å². The van der Waals surface area contributed by atoms with Crippen molar-refractivity contribution in [1.29, 1.82) is 0 Å². The molecule has 39 nitrogen and oxygen atoms in total. The number of hydrogen-bond donors (Lipinski definition) is 17. The van der Waals surface area contributed by atoms with Crippen LogP contribution in [0.4, 0.5) is 4.79 Å². The minimum atomic E-state index is -5.72. The zero-order chi connectivity index (χ0) is 63.5. The molecule has 85 heavy (non-hydrogen) atoms. The van der Waals surface area contributed by atoms with Crippen LogP contribution in [-0.2, 0) is 99.3 Å². The van der Waals surface area contributed by atoms with E-state index in [2.05, 4.69) is 20.7 Å². The molecule has 19 N–H and O–H groups in total. The van der Waals surface area contributed by atoms with E-state index in [0.29, 0.717) is 0 Å². The Morgan fingerprint density at radius 1 is 0.694 bits per heavy atom. The van der Waals surface area contributed by atoms with E-state index in [1.807, 2.05) is 0 Å². The molecule has 40 heteroatoms. The third-order valence-corrected chi connectivity index (χ3v) is 15.3. The number of amides is 5. The monoisotopic (exact) mass is 1260 g/mol. The quantitative estimate of drug-likeness (QED) is 0.0334. The molecular formula is C45H70N5O34P. The summed E-state index contributed by atoms with van der Waals surface area (Å²) in [5, 5.41) is 127. The van der Waals surface area contributed by atoms with Crippen LogP contribution in [0.15, 0.2) is 0 Å². The van der Waals surface area contributed by atoms with Crippen molar-refractivity contribution in [3.63, 3.8) is 0 Å². The molecule has 27 atom stereocenters. The fourth-order valence-corrected chi connectivity index (χ4v) is 10.8. The first kappa shape index (κ1) is 69.4. The minimum Gasteiger partial charge on any atom is -0.479 e. The minimum absolute atomic E-state index is 0.197. The molecule has 5 saturated heterocycles. The Morgan fingerprint density at radius 2 is 1.22 bits per heavy atom. The number of nitrogens with two attached hydrogens (primary N) is 2. The summed E-state index contributed by atoms with van der Waals surface area (Å²) in [7, 11) is -4.83. The highest BCUT2D eigenvalue weighted by Gasteiger charge is 2.62. The van der Waals surface area contributed by atoms with Gasteiger partial charge < -0.3 is 141 Å². The normalized spacial score (nSPS) is 41.9. The number of carbonyl (C=O) groups is 8. The van der Waals surface area contributed by atoms with Crippen molar-refractivity contribution in [2.24, 2.45) is 11.5 Å². The average Bonchev–Trinajstić information content (AvgIpc) is 1.42. The van der Waals surface area contributed by atoms with Gasteiger partial charge in [0.05, 0.1) is 25.9 Å². The number of carboxylic acids is 1. The second-order valence-corrected chi connectivity index (χ2v) is 22.0. The lowest BCUT2D eigenvalue weighted by Crippen LogP contribution is -2.72. The molecule has 1 saturated carbocycles. The molecule has 26 unspecified atom stereocenters. The van der Waals surface area contributed by atoms with Crippen LogP contribution in [0.5, 0.6) is 0 Å². The molecule has 6 aliphatic rings. The number of nitrogens with one attached hydrogen (secondary N) is 3. The molecule has 5 heterocycles. The van der Waals surface area contributed by atoms with Crippen molar-refractivity contribution in [2.45, 2.75) is 206 Å². The van der Waals surface area contributed by atoms with Gasteiger partial charge in [-0.25, -0.2) is 14.2 Å². The molecule has 0 aromatic carbocycles. The second kappa shape index (κ2) is 28.6. The van der Waals surface area contributed by atoms with E-state index in [0.717, 1.165) is 27.9 Å². The van der Waals surface area contributed by atoms with E-state index in [9.17, 15) is 104 Å². The van der Waals surface area contributed by atoms with Crippen molar-refractivity contribution in [3.8, 4) is 0 Å². The summed E-state index contributed by atoms with van der Waals surface area (Å²) in [5.74, 6) is -7.80. The number of rotatable bonds is 23. The number of Topliss-reactive ketones (excluding diaryl/α,β-unsaturated/α-hetero) is 2. The lowest BCUT2D eigenvalue weighted by molar-refractivity contribution is -0.375. The fraction of sp³-hybridized carbons (Fsp3) is 0.822. The highest BCUT2D eigenvalue weighted by atomic mass is 31.2. The Kier molecular flexibility index (Phi) is 23.4. The molecule has 0 bridgehead atoms. The molecule has 0 spiro atoms. The Bertz CT molecular complexity index is 2450. The van der Waals surface area contributed by atoms with Crippen molar-refractivity contribution < 1.29 is 165 Å². The number of hydrogen-bond acceptors (Lipinski definition) is 32. The third kappa shape index (κ3) is 15.9. The Balaban J connectivity index is 1.36. The molecule has 1 aliphatic carbocycles. The molecule has 484 valence electrons. The van der Waals surface area contributed by atoms with Gasteiger partial charge in [0.2, 0.25) is 17.7 Å². The fourth-order valence-electron chi connectivity index (χ4n) is 10.0. The number of aliphatic hydroxyl groups is 10. The van der Waals surface area contributed by atoms with Gasteiger partial charge in [-0.3, -0.25) is 37.8 Å². The molecule has 0 aromatic heterocycles. The molecule has 6 fully saturated rings. The van der Waals surface area contributed by atoms with Crippen LogP contribution in [0.25, 0.3) is 0 Å². The molecule has 6 rings (SSSR count). The number of aliphatic carboxylic acids is 1. The van der Waals surface area contributed by atoms with Gasteiger partial charge in [0.15, 0.2) is 73.5 Å². The second-order valence-electron chi connectivity index (χ2n) is 20.6. The maximum absolute atomic E-state index is 13.5. The van der Waals surface area contributed by atoms with Crippen LogP contribution < -0.4 is 27.4 Å². The third-order valence-electron chi connectivity index (χ3n) is 14.4. The zero-order valence-electron chi connectivity index (χ0n) is 45.5. The predicted molar refractivity (Wildman–Crippen MR) is 261 cm³/mol. The van der Waals surface area contributed by atoms with E-state index in [1.54, 1.807) is 0 Å². The van der Waals surface area contributed by atoms with Crippen LogP contribution >= 0.6 is 7.82 Å². The van der Waals surface area contributed by atoms with Crippen LogP contribution in [0.1, 0.15) is 40.5 Å². The number of methoxy groups -OCH3 is 1. The van der Waals surface area contributed by atoms with E-state index in [4.69, 9.17) is 67.9 Å². The summed E-state index contributed by atoms with van der Waals surface area (Å²) in [4.78, 5) is 111. The summed E-state index contributed by atoms with van der Waals surface area (Å²) in [6.45, 7) is 0.576. The topological polar surface area (TPSA) is 605 Å². The molecule has 0 aromatic rings. The average molecular weight is 1260 g/mol. The van der Waals surface area contributed by atoms with Crippen LogP contribution in [0, 0.1) is 0 Å². The van der Waals surface area contributed by atoms with Crippen molar-refractivity contribution in [3.05, 3.63) is 0 Å². The van der Waals surface area contributed by atoms with E-state index in [-0.39, 0.29) is 12.8 Å². The van der Waals surface area contributed by atoms with Gasteiger partial charge in [0.25, 0.3) is 5.91 Å². The molecule has 5 amide bonds. The summed E-state index contributed by atoms with van der Waals surface area (Å²) < 4.78 is 86.0. The molecular weight excluding hydrogens is 1190 g/mol. The largest absolute Gasteiger partial charge is 0.479 e. The van der Waals surface area contributed by atoms with E-state index in [1.165, 1.54) is 6.92 Å². The van der Waals surface area contributed by atoms with Crippen molar-refractivity contribution >= 4 is 55.1 Å². The molecule has 0 radical (unpaired) electrons. The first-order chi connectivity index (χ1) is 39.6. The van der Waals surface area contributed by atoms with Crippen molar-refractivity contribution in [1.82, 2.24) is 16.0 Å².